The summed E-state index contributed by atoms with van der Waals surface area (Å²) in [5, 5.41) is 10.7. The summed E-state index contributed by atoms with van der Waals surface area (Å²) in [6.07, 6.45) is 0. The first-order valence-corrected chi connectivity index (χ1v) is 7.95. The predicted octanol–water partition coefficient (Wildman–Crippen LogP) is 3.13. The Labute approximate surface area is 124 Å². The number of para-hydroxylation sites is 1. The molecule has 0 bridgehead atoms. The quantitative estimate of drug-likeness (QED) is 0.636. The maximum absolute atomic E-state index is 12.4. The molecule has 1 heterocycles. The monoisotopic (exact) mass is 332 g/mol. The Morgan fingerprint density at radius 3 is 2.40 bits per heavy atom. The maximum Gasteiger partial charge on any atom is 0.300 e. The highest BCUT2D eigenvalue weighted by atomic mass is 35.5. The van der Waals surface area contributed by atoms with Gasteiger partial charge < -0.3 is 0 Å². The van der Waals surface area contributed by atoms with Crippen LogP contribution in [0.15, 0.2) is 40.6 Å². The van der Waals surface area contributed by atoms with Crippen LogP contribution in [0.3, 0.4) is 0 Å². The summed E-state index contributed by atoms with van der Waals surface area (Å²) in [6.45, 7) is 0. The van der Waals surface area contributed by atoms with Crippen LogP contribution in [0.4, 0.5) is 11.4 Å². The maximum atomic E-state index is 12.4. The van der Waals surface area contributed by atoms with Crippen LogP contribution in [0.25, 0.3) is 0 Å². The number of rotatable bonds is 4. The molecule has 1 aromatic heterocycles. The van der Waals surface area contributed by atoms with Crippen molar-refractivity contribution in [3.63, 3.8) is 0 Å². The van der Waals surface area contributed by atoms with Gasteiger partial charge in [0.15, 0.2) is 4.34 Å². The molecule has 0 aliphatic rings. The first-order valence-electron chi connectivity index (χ1n) is 5.31. The van der Waals surface area contributed by atoms with Crippen LogP contribution >= 0.6 is 22.9 Å². The van der Waals surface area contributed by atoms with E-state index >= 15 is 0 Å². The smallest absolute Gasteiger partial charge is 0.269 e. The fourth-order valence-corrected chi connectivity index (χ4v) is 4.53. The molecule has 20 heavy (non-hydrogen) atoms. The van der Waals surface area contributed by atoms with Crippen molar-refractivity contribution in [2.75, 3.05) is 11.4 Å². The summed E-state index contributed by atoms with van der Waals surface area (Å²) in [6, 6.07) is 9.39. The number of benzene rings is 1. The topological polar surface area (TPSA) is 80.5 Å². The van der Waals surface area contributed by atoms with E-state index in [9.17, 15) is 18.5 Å². The number of hydrogen-bond donors (Lipinski definition) is 0. The third-order valence-corrected chi connectivity index (χ3v) is 6.15. The summed E-state index contributed by atoms with van der Waals surface area (Å²) in [4.78, 5) is 10.0. The molecule has 0 saturated heterocycles. The van der Waals surface area contributed by atoms with Gasteiger partial charge in [0, 0.05) is 13.1 Å². The van der Waals surface area contributed by atoms with Gasteiger partial charge in [-0.25, -0.2) is 8.42 Å². The molecule has 0 spiro atoms. The van der Waals surface area contributed by atoms with E-state index in [4.69, 9.17) is 11.6 Å². The predicted molar refractivity (Wildman–Crippen MR) is 78.0 cm³/mol. The summed E-state index contributed by atoms with van der Waals surface area (Å²) in [5.74, 6) is 0. The van der Waals surface area contributed by atoms with E-state index in [0.717, 1.165) is 10.4 Å². The molecule has 0 unspecified atom stereocenters. The second-order valence-electron chi connectivity index (χ2n) is 3.79. The van der Waals surface area contributed by atoms with Crippen molar-refractivity contribution in [1.29, 1.82) is 0 Å². The molecule has 0 aliphatic heterocycles. The van der Waals surface area contributed by atoms with Crippen molar-refractivity contribution in [2.24, 2.45) is 0 Å². The van der Waals surface area contributed by atoms with Gasteiger partial charge in [0.25, 0.3) is 15.7 Å². The lowest BCUT2D eigenvalue weighted by atomic mass is 10.3. The van der Waals surface area contributed by atoms with Gasteiger partial charge in [-0.2, -0.15) is 0 Å². The minimum atomic E-state index is -3.86. The summed E-state index contributed by atoms with van der Waals surface area (Å²) < 4.78 is 25.5. The molecule has 2 aromatic rings. The number of nitrogens with zero attached hydrogens (tertiary/aromatic N) is 2. The third-order valence-electron chi connectivity index (χ3n) is 2.58. The van der Waals surface area contributed by atoms with Gasteiger partial charge in [0.1, 0.15) is 4.21 Å². The lowest BCUT2D eigenvalue weighted by Crippen LogP contribution is -2.25. The Hall–Kier alpha value is -1.64. The molecular weight excluding hydrogens is 324 g/mol. The Kier molecular flexibility index (Phi) is 3.98. The molecule has 0 fully saturated rings. The molecule has 106 valence electrons. The van der Waals surface area contributed by atoms with Gasteiger partial charge >= 0.3 is 0 Å². The molecule has 1 aromatic carbocycles. The van der Waals surface area contributed by atoms with Crippen molar-refractivity contribution in [3.05, 3.63) is 50.8 Å². The van der Waals surface area contributed by atoms with E-state index in [1.807, 2.05) is 0 Å². The lowest BCUT2D eigenvalue weighted by Gasteiger charge is -2.17. The van der Waals surface area contributed by atoms with Crippen molar-refractivity contribution in [1.82, 2.24) is 0 Å². The number of sulfonamides is 1. The molecule has 0 aliphatic carbocycles. The minimum Gasteiger partial charge on any atom is -0.269 e. The van der Waals surface area contributed by atoms with E-state index in [2.05, 4.69) is 0 Å². The van der Waals surface area contributed by atoms with E-state index < -0.39 is 20.6 Å². The molecule has 0 atom stereocenters. The third kappa shape index (κ3) is 2.62. The Bertz CT molecular complexity index is 743. The summed E-state index contributed by atoms with van der Waals surface area (Å²) >= 11 is 6.36. The van der Waals surface area contributed by atoms with Crippen molar-refractivity contribution >= 4 is 44.3 Å². The van der Waals surface area contributed by atoms with Crippen molar-refractivity contribution in [3.8, 4) is 0 Å². The van der Waals surface area contributed by atoms with E-state index in [0.29, 0.717) is 17.0 Å². The lowest BCUT2D eigenvalue weighted by molar-refractivity contribution is -0.384. The van der Waals surface area contributed by atoms with Crippen LogP contribution in [-0.2, 0) is 10.0 Å². The molecule has 0 N–H and O–H groups in total. The Morgan fingerprint density at radius 1 is 1.30 bits per heavy atom. The van der Waals surface area contributed by atoms with E-state index in [1.165, 1.54) is 7.05 Å². The molecule has 6 nitrogen and oxygen atoms in total. The molecule has 0 amide bonds. The Balaban J connectivity index is 2.46. The number of hydrogen-bond acceptors (Lipinski definition) is 5. The largest absolute Gasteiger partial charge is 0.300 e. The van der Waals surface area contributed by atoms with Crippen molar-refractivity contribution in [2.45, 2.75) is 4.21 Å². The van der Waals surface area contributed by atoms with Gasteiger partial charge in [-0.1, -0.05) is 29.8 Å². The average molecular weight is 333 g/mol. The number of thiophene rings is 1. The van der Waals surface area contributed by atoms with Crippen LogP contribution < -0.4 is 4.31 Å². The zero-order chi connectivity index (χ0) is 14.9. The van der Waals surface area contributed by atoms with E-state index in [1.54, 1.807) is 30.3 Å². The zero-order valence-corrected chi connectivity index (χ0v) is 12.6. The van der Waals surface area contributed by atoms with Gasteiger partial charge in [-0.15, -0.1) is 11.3 Å². The van der Waals surface area contributed by atoms with Gasteiger partial charge in [-0.3, -0.25) is 14.4 Å². The van der Waals surface area contributed by atoms with E-state index in [-0.39, 0.29) is 8.55 Å². The fraction of sp³-hybridized carbons (Fsp3) is 0.0909. The first kappa shape index (κ1) is 14.8. The highest BCUT2D eigenvalue weighted by Crippen LogP contribution is 2.37. The molecule has 0 saturated carbocycles. The fourth-order valence-electron chi connectivity index (χ4n) is 1.50. The van der Waals surface area contributed by atoms with Gasteiger partial charge in [0.05, 0.1) is 10.6 Å². The number of anilines is 1. The van der Waals surface area contributed by atoms with Crippen molar-refractivity contribution < 1.29 is 13.3 Å². The highest BCUT2D eigenvalue weighted by molar-refractivity contribution is 7.94. The second-order valence-corrected chi connectivity index (χ2v) is 7.64. The van der Waals surface area contributed by atoms with Crippen LogP contribution in [0.2, 0.25) is 4.34 Å². The Morgan fingerprint density at radius 2 is 1.90 bits per heavy atom. The highest BCUT2D eigenvalue weighted by Gasteiger charge is 2.28. The molecule has 2 rings (SSSR count). The zero-order valence-electron chi connectivity index (χ0n) is 10.2. The van der Waals surface area contributed by atoms with Crippen LogP contribution in [0.5, 0.6) is 0 Å². The van der Waals surface area contributed by atoms with Crippen LogP contribution in [-0.4, -0.2) is 20.4 Å². The number of halogens is 1. The second kappa shape index (κ2) is 5.39. The molecule has 0 radical (unpaired) electrons. The standard InChI is InChI=1S/C11H9ClN2O4S2/c1-13(8-5-3-2-4-6-8)20(17,18)10-7-9(14(15)16)11(12)19-10/h2-7H,1H3. The summed E-state index contributed by atoms with van der Waals surface area (Å²) in [7, 11) is -2.49. The minimum absolute atomic E-state index is 0.157. The molecular formula is C11H9ClN2O4S2. The van der Waals surface area contributed by atoms with Gasteiger partial charge in [0.2, 0.25) is 0 Å². The first-order chi connectivity index (χ1) is 9.34. The van der Waals surface area contributed by atoms with Crippen LogP contribution in [0, 0.1) is 10.1 Å². The summed E-state index contributed by atoms with van der Waals surface area (Å²) in [5.41, 5.74) is 0.0522. The molecule has 9 heteroatoms. The number of nitro groups is 1. The van der Waals surface area contributed by atoms with Gasteiger partial charge in [-0.05, 0) is 12.1 Å². The van der Waals surface area contributed by atoms with Crippen LogP contribution in [0.1, 0.15) is 0 Å². The SMILES string of the molecule is CN(c1ccccc1)S(=O)(=O)c1cc([N+](=O)[O-])c(Cl)s1. The normalized spacial score (nSPS) is 11.3. The average Bonchev–Trinajstić information content (AvgIpc) is 2.82.